The van der Waals surface area contributed by atoms with Crippen LogP contribution in [0.4, 0.5) is 10.5 Å². The van der Waals surface area contributed by atoms with Crippen molar-refractivity contribution in [3.05, 3.63) is 28.8 Å². The number of benzene rings is 1. The van der Waals surface area contributed by atoms with Crippen molar-refractivity contribution < 1.29 is 4.79 Å². The van der Waals surface area contributed by atoms with Crippen LogP contribution in [0.5, 0.6) is 0 Å². The minimum Gasteiger partial charge on any atom is -0.341 e. The van der Waals surface area contributed by atoms with E-state index < -0.39 is 0 Å². The van der Waals surface area contributed by atoms with Crippen molar-refractivity contribution >= 4 is 23.3 Å². The summed E-state index contributed by atoms with van der Waals surface area (Å²) in [6.45, 7) is 0.358. The van der Waals surface area contributed by atoms with E-state index in [2.05, 4.69) is 10.6 Å². The highest BCUT2D eigenvalue weighted by atomic mass is 35.5. The maximum Gasteiger partial charge on any atom is 0.318 e. The monoisotopic (exact) mass is 213 g/mol. The highest BCUT2D eigenvalue weighted by molar-refractivity contribution is 6.31. The first-order valence-corrected chi connectivity index (χ1v) is 4.52. The molecule has 0 aliphatic rings. The summed E-state index contributed by atoms with van der Waals surface area (Å²) in [5.41, 5.74) is 6.99. The van der Waals surface area contributed by atoms with Gasteiger partial charge in [-0.15, -0.1) is 0 Å². The number of anilines is 1. The number of amides is 2. The average Bonchev–Trinajstić information content (AvgIpc) is 2.18. The van der Waals surface area contributed by atoms with Gasteiger partial charge in [0.25, 0.3) is 0 Å². The minimum atomic E-state index is -0.290. The third-order valence-corrected chi connectivity index (χ3v) is 2.00. The molecular weight excluding hydrogens is 202 g/mol. The lowest BCUT2D eigenvalue weighted by Crippen LogP contribution is -2.25. The van der Waals surface area contributed by atoms with Crippen molar-refractivity contribution in [3.63, 3.8) is 0 Å². The summed E-state index contributed by atoms with van der Waals surface area (Å²) in [6.07, 6.45) is 0. The molecule has 5 heteroatoms. The van der Waals surface area contributed by atoms with Gasteiger partial charge in [0.15, 0.2) is 0 Å². The summed E-state index contributed by atoms with van der Waals surface area (Å²) in [5, 5.41) is 5.65. The van der Waals surface area contributed by atoms with Crippen LogP contribution < -0.4 is 16.4 Å². The lowest BCUT2D eigenvalue weighted by atomic mass is 10.2. The van der Waals surface area contributed by atoms with E-state index in [-0.39, 0.29) is 6.03 Å². The lowest BCUT2D eigenvalue weighted by Gasteiger charge is -2.09. The number of carbonyl (C=O) groups excluding carboxylic acids is 1. The van der Waals surface area contributed by atoms with Gasteiger partial charge in [-0.3, -0.25) is 0 Å². The minimum absolute atomic E-state index is 0.290. The number of nitrogens with two attached hydrogens (primary N) is 1. The molecule has 0 unspecified atom stereocenters. The second-order valence-corrected chi connectivity index (χ2v) is 3.15. The smallest absolute Gasteiger partial charge is 0.318 e. The topological polar surface area (TPSA) is 67.2 Å². The highest BCUT2D eigenvalue weighted by Gasteiger charge is 2.04. The first-order valence-electron chi connectivity index (χ1n) is 4.14. The fraction of sp³-hybridized carbons (Fsp3) is 0.222. The van der Waals surface area contributed by atoms with Gasteiger partial charge < -0.3 is 16.4 Å². The molecule has 14 heavy (non-hydrogen) atoms. The Balaban J connectivity index is 2.93. The number of hydrogen-bond acceptors (Lipinski definition) is 2. The summed E-state index contributed by atoms with van der Waals surface area (Å²) in [5.74, 6) is 0. The normalized spacial score (nSPS) is 9.64. The van der Waals surface area contributed by atoms with Gasteiger partial charge in [0, 0.05) is 24.3 Å². The number of halogens is 1. The lowest BCUT2D eigenvalue weighted by molar-refractivity contribution is 0.254. The molecule has 0 radical (unpaired) electrons. The fourth-order valence-electron chi connectivity index (χ4n) is 1.03. The predicted molar refractivity (Wildman–Crippen MR) is 57.4 cm³/mol. The van der Waals surface area contributed by atoms with E-state index in [1.807, 2.05) is 0 Å². The first kappa shape index (κ1) is 10.8. The number of urea groups is 1. The second-order valence-electron chi connectivity index (χ2n) is 2.71. The maximum absolute atomic E-state index is 11.1. The van der Waals surface area contributed by atoms with Gasteiger partial charge in [-0.25, -0.2) is 4.79 Å². The Bertz CT molecular complexity index is 341. The van der Waals surface area contributed by atoms with Crippen molar-refractivity contribution in [2.45, 2.75) is 6.54 Å². The number of hydrogen-bond donors (Lipinski definition) is 3. The number of rotatable bonds is 2. The zero-order valence-electron chi connectivity index (χ0n) is 7.80. The molecule has 0 atom stereocenters. The summed E-state index contributed by atoms with van der Waals surface area (Å²) in [6, 6.07) is 4.90. The number of nitrogens with one attached hydrogen (secondary N) is 2. The molecular formula is C9H12ClN3O. The van der Waals surface area contributed by atoms with Crippen LogP contribution in [0, 0.1) is 0 Å². The predicted octanol–water partition coefficient (Wildman–Crippen LogP) is 1.55. The van der Waals surface area contributed by atoms with Crippen LogP contribution in [-0.4, -0.2) is 13.1 Å². The van der Waals surface area contributed by atoms with Crippen LogP contribution in [0.1, 0.15) is 5.56 Å². The molecule has 0 bridgehead atoms. The molecule has 1 aromatic carbocycles. The average molecular weight is 214 g/mol. The van der Waals surface area contributed by atoms with Crippen LogP contribution in [-0.2, 0) is 6.54 Å². The van der Waals surface area contributed by atoms with Crippen molar-refractivity contribution in [3.8, 4) is 0 Å². The van der Waals surface area contributed by atoms with Gasteiger partial charge in [0.2, 0.25) is 0 Å². The van der Waals surface area contributed by atoms with Crippen LogP contribution in [0.3, 0.4) is 0 Å². The van der Waals surface area contributed by atoms with Gasteiger partial charge in [0.05, 0.1) is 0 Å². The van der Waals surface area contributed by atoms with Gasteiger partial charge >= 0.3 is 6.03 Å². The first-order chi connectivity index (χ1) is 6.67. The Labute approximate surface area is 87.4 Å². The van der Waals surface area contributed by atoms with Crippen molar-refractivity contribution in [1.82, 2.24) is 5.32 Å². The van der Waals surface area contributed by atoms with E-state index in [0.29, 0.717) is 17.3 Å². The van der Waals surface area contributed by atoms with Crippen LogP contribution >= 0.6 is 11.6 Å². The van der Waals surface area contributed by atoms with E-state index >= 15 is 0 Å². The van der Waals surface area contributed by atoms with Crippen molar-refractivity contribution in [2.24, 2.45) is 5.73 Å². The highest BCUT2D eigenvalue weighted by Crippen LogP contribution is 2.20. The van der Waals surface area contributed by atoms with E-state index in [0.717, 1.165) is 5.56 Å². The van der Waals surface area contributed by atoms with Crippen LogP contribution in [0.15, 0.2) is 18.2 Å². The third-order valence-electron chi connectivity index (χ3n) is 1.77. The molecule has 0 fully saturated rings. The molecule has 4 N–H and O–H groups in total. The molecule has 76 valence electrons. The molecule has 0 aliphatic heterocycles. The van der Waals surface area contributed by atoms with E-state index in [4.69, 9.17) is 17.3 Å². The molecule has 1 aromatic rings. The van der Waals surface area contributed by atoms with Gasteiger partial charge in [0.1, 0.15) is 0 Å². The molecule has 0 aromatic heterocycles. The van der Waals surface area contributed by atoms with Crippen molar-refractivity contribution in [2.75, 3.05) is 12.4 Å². The third kappa shape index (κ3) is 2.61. The maximum atomic E-state index is 11.1. The summed E-state index contributed by atoms with van der Waals surface area (Å²) in [4.78, 5) is 11.1. The molecule has 0 spiro atoms. The standard InChI is InChI=1S/C9H12ClN3O/c1-12-9(14)13-8-4-7(10)3-2-6(8)5-11/h2-4H,5,11H2,1H3,(H2,12,13,14). The number of carbonyl (C=O) groups is 1. The largest absolute Gasteiger partial charge is 0.341 e. The zero-order valence-corrected chi connectivity index (χ0v) is 8.56. The summed E-state index contributed by atoms with van der Waals surface area (Å²) < 4.78 is 0. The Kier molecular flexibility index (Phi) is 3.73. The van der Waals surface area contributed by atoms with Gasteiger partial charge in [-0.2, -0.15) is 0 Å². The molecule has 0 heterocycles. The van der Waals surface area contributed by atoms with E-state index in [1.54, 1.807) is 25.2 Å². The molecule has 1 rings (SSSR count). The molecule has 0 saturated carbocycles. The van der Waals surface area contributed by atoms with E-state index in [9.17, 15) is 4.79 Å². The van der Waals surface area contributed by atoms with Crippen LogP contribution in [0.25, 0.3) is 0 Å². The quantitative estimate of drug-likeness (QED) is 0.698. The Morgan fingerprint density at radius 2 is 2.29 bits per heavy atom. The van der Waals surface area contributed by atoms with Crippen molar-refractivity contribution in [1.29, 1.82) is 0 Å². The molecule has 2 amide bonds. The zero-order chi connectivity index (χ0) is 10.6. The second kappa shape index (κ2) is 4.83. The van der Waals surface area contributed by atoms with E-state index in [1.165, 1.54) is 0 Å². The molecule has 0 saturated heterocycles. The molecule has 4 nitrogen and oxygen atoms in total. The summed E-state index contributed by atoms with van der Waals surface area (Å²) in [7, 11) is 1.54. The summed E-state index contributed by atoms with van der Waals surface area (Å²) >= 11 is 5.79. The van der Waals surface area contributed by atoms with Crippen LogP contribution in [0.2, 0.25) is 5.02 Å². The Hall–Kier alpha value is -1.26. The SMILES string of the molecule is CNC(=O)Nc1cc(Cl)ccc1CN. The fourth-order valence-corrected chi connectivity index (χ4v) is 1.20. The Morgan fingerprint density at radius 1 is 1.57 bits per heavy atom. The Morgan fingerprint density at radius 3 is 2.86 bits per heavy atom. The molecule has 0 aliphatic carbocycles. The van der Waals surface area contributed by atoms with Gasteiger partial charge in [-0.1, -0.05) is 17.7 Å². The van der Waals surface area contributed by atoms with Gasteiger partial charge in [-0.05, 0) is 17.7 Å².